The molecule has 0 unspecified atom stereocenters. The van der Waals surface area contributed by atoms with Gasteiger partial charge in [0.15, 0.2) is 0 Å². The number of hydrogen-bond acceptors (Lipinski definition) is 3. The predicted octanol–water partition coefficient (Wildman–Crippen LogP) is 3.92. The van der Waals surface area contributed by atoms with E-state index in [2.05, 4.69) is 41.2 Å². The lowest BCUT2D eigenvalue weighted by Crippen LogP contribution is -2.33. The van der Waals surface area contributed by atoms with Crippen molar-refractivity contribution in [3.05, 3.63) is 18.3 Å². The second-order valence-electron chi connectivity index (χ2n) is 5.55. The lowest BCUT2D eigenvalue weighted by molar-refractivity contribution is 0.378. The van der Waals surface area contributed by atoms with Crippen LogP contribution in [0.3, 0.4) is 0 Å². The van der Waals surface area contributed by atoms with Crippen molar-refractivity contribution in [3.63, 3.8) is 0 Å². The minimum atomic E-state index is 0.945. The normalized spacial score (nSPS) is 16.6. The van der Waals surface area contributed by atoms with E-state index >= 15 is 0 Å². The van der Waals surface area contributed by atoms with E-state index in [0.717, 1.165) is 24.7 Å². The Labute approximate surface area is 117 Å². The van der Waals surface area contributed by atoms with Crippen LogP contribution in [-0.4, -0.2) is 24.6 Å². The summed E-state index contributed by atoms with van der Waals surface area (Å²) in [6.07, 6.45) is 8.46. The minimum absolute atomic E-state index is 0.945. The SMILES string of the molecule is CCCNc1cc(N2CCC(CCC)CC2)ccn1. The largest absolute Gasteiger partial charge is 0.371 e. The molecule has 1 aromatic heterocycles. The van der Waals surface area contributed by atoms with Crippen LogP contribution in [0.2, 0.25) is 0 Å². The van der Waals surface area contributed by atoms with Gasteiger partial charge in [0, 0.05) is 37.6 Å². The van der Waals surface area contributed by atoms with E-state index in [-0.39, 0.29) is 0 Å². The molecule has 1 fully saturated rings. The summed E-state index contributed by atoms with van der Waals surface area (Å²) < 4.78 is 0. The maximum Gasteiger partial charge on any atom is 0.127 e. The van der Waals surface area contributed by atoms with Crippen LogP contribution in [0.25, 0.3) is 0 Å². The molecule has 1 saturated heterocycles. The molecular formula is C16H27N3. The van der Waals surface area contributed by atoms with Crippen molar-refractivity contribution < 1.29 is 0 Å². The highest BCUT2D eigenvalue weighted by Crippen LogP contribution is 2.26. The number of piperidine rings is 1. The summed E-state index contributed by atoms with van der Waals surface area (Å²) in [6, 6.07) is 4.33. The molecule has 0 spiro atoms. The van der Waals surface area contributed by atoms with Crippen LogP contribution in [-0.2, 0) is 0 Å². The van der Waals surface area contributed by atoms with Gasteiger partial charge in [-0.15, -0.1) is 0 Å². The summed E-state index contributed by atoms with van der Waals surface area (Å²) in [6.45, 7) is 7.86. The van der Waals surface area contributed by atoms with Gasteiger partial charge >= 0.3 is 0 Å². The Bertz CT molecular complexity index is 370. The summed E-state index contributed by atoms with van der Waals surface area (Å²) in [7, 11) is 0. The third-order valence-corrected chi connectivity index (χ3v) is 3.98. The molecule has 1 aromatic rings. The molecular weight excluding hydrogens is 234 g/mol. The van der Waals surface area contributed by atoms with Crippen molar-refractivity contribution in [3.8, 4) is 0 Å². The molecule has 3 heteroatoms. The summed E-state index contributed by atoms with van der Waals surface area (Å²) in [5.41, 5.74) is 1.32. The standard InChI is InChI=1S/C16H27N3/c1-3-5-14-7-11-19(12-8-14)15-6-10-18-16(13-15)17-9-4-2/h6,10,13-14H,3-5,7-9,11-12H2,1-2H3,(H,17,18). The number of rotatable bonds is 6. The summed E-state index contributed by atoms with van der Waals surface area (Å²) in [5.74, 6) is 1.95. The average molecular weight is 261 g/mol. The fourth-order valence-corrected chi connectivity index (χ4v) is 2.85. The first-order chi connectivity index (χ1) is 9.33. The summed E-state index contributed by atoms with van der Waals surface area (Å²) >= 11 is 0. The Morgan fingerprint density at radius 3 is 2.74 bits per heavy atom. The second kappa shape index (κ2) is 7.37. The highest BCUT2D eigenvalue weighted by atomic mass is 15.1. The Hall–Kier alpha value is -1.25. The van der Waals surface area contributed by atoms with Crippen molar-refractivity contribution >= 4 is 11.5 Å². The molecule has 0 radical (unpaired) electrons. The molecule has 2 rings (SSSR count). The molecule has 1 N–H and O–H groups in total. The quantitative estimate of drug-likeness (QED) is 0.841. The maximum absolute atomic E-state index is 4.38. The number of nitrogens with one attached hydrogen (secondary N) is 1. The first-order valence-electron chi connectivity index (χ1n) is 7.78. The van der Waals surface area contributed by atoms with E-state index < -0.39 is 0 Å². The first kappa shape index (κ1) is 14.2. The number of anilines is 2. The molecule has 106 valence electrons. The smallest absolute Gasteiger partial charge is 0.127 e. The van der Waals surface area contributed by atoms with Gasteiger partial charge in [-0.05, 0) is 31.2 Å². The summed E-state index contributed by atoms with van der Waals surface area (Å²) in [5, 5.41) is 3.37. The molecule has 0 amide bonds. The van der Waals surface area contributed by atoms with Crippen molar-refractivity contribution in [2.24, 2.45) is 5.92 Å². The second-order valence-corrected chi connectivity index (χ2v) is 5.55. The average Bonchev–Trinajstić information content (AvgIpc) is 2.46. The molecule has 0 atom stereocenters. The van der Waals surface area contributed by atoms with Crippen LogP contribution in [0, 0.1) is 5.92 Å². The topological polar surface area (TPSA) is 28.2 Å². The van der Waals surface area contributed by atoms with Crippen molar-refractivity contribution in [1.29, 1.82) is 0 Å². The van der Waals surface area contributed by atoms with Gasteiger partial charge in [-0.25, -0.2) is 4.98 Å². The van der Waals surface area contributed by atoms with Gasteiger partial charge in [-0.1, -0.05) is 26.7 Å². The third-order valence-electron chi connectivity index (χ3n) is 3.98. The fraction of sp³-hybridized carbons (Fsp3) is 0.688. The van der Waals surface area contributed by atoms with E-state index in [9.17, 15) is 0 Å². The monoisotopic (exact) mass is 261 g/mol. The van der Waals surface area contributed by atoms with E-state index in [1.807, 2.05) is 6.20 Å². The van der Waals surface area contributed by atoms with Gasteiger partial charge in [0.25, 0.3) is 0 Å². The Balaban J connectivity index is 1.91. The van der Waals surface area contributed by atoms with Crippen molar-refractivity contribution in [1.82, 2.24) is 4.98 Å². The molecule has 19 heavy (non-hydrogen) atoms. The fourth-order valence-electron chi connectivity index (χ4n) is 2.85. The van der Waals surface area contributed by atoms with E-state index in [1.165, 1.54) is 44.5 Å². The molecule has 0 bridgehead atoms. The van der Waals surface area contributed by atoms with E-state index in [0.29, 0.717) is 0 Å². The molecule has 1 aliphatic rings. The van der Waals surface area contributed by atoms with Crippen LogP contribution < -0.4 is 10.2 Å². The third kappa shape index (κ3) is 4.12. The molecule has 1 aliphatic heterocycles. The zero-order chi connectivity index (χ0) is 13.5. The molecule has 3 nitrogen and oxygen atoms in total. The van der Waals surface area contributed by atoms with Crippen LogP contribution in [0.1, 0.15) is 46.0 Å². The molecule has 0 aliphatic carbocycles. The lowest BCUT2D eigenvalue weighted by Gasteiger charge is -2.33. The minimum Gasteiger partial charge on any atom is -0.371 e. The van der Waals surface area contributed by atoms with Gasteiger partial charge in [-0.2, -0.15) is 0 Å². The van der Waals surface area contributed by atoms with E-state index in [4.69, 9.17) is 0 Å². The number of aromatic nitrogens is 1. The van der Waals surface area contributed by atoms with Crippen LogP contribution in [0.4, 0.5) is 11.5 Å². The van der Waals surface area contributed by atoms with Gasteiger partial charge in [0.05, 0.1) is 0 Å². The van der Waals surface area contributed by atoms with Gasteiger partial charge < -0.3 is 10.2 Å². The van der Waals surface area contributed by atoms with Crippen molar-refractivity contribution in [2.45, 2.75) is 46.0 Å². The maximum atomic E-state index is 4.38. The highest BCUT2D eigenvalue weighted by molar-refractivity contribution is 5.54. The lowest BCUT2D eigenvalue weighted by atomic mass is 9.92. The molecule has 0 aromatic carbocycles. The van der Waals surface area contributed by atoms with Crippen LogP contribution in [0.5, 0.6) is 0 Å². The van der Waals surface area contributed by atoms with Crippen LogP contribution in [0.15, 0.2) is 18.3 Å². The zero-order valence-corrected chi connectivity index (χ0v) is 12.4. The summed E-state index contributed by atoms with van der Waals surface area (Å²) in [4.78, 5) is 6.88. The zero-order valence-electron chi connectivity index (χ0n) is 12.4. The Kier molecular flexibility index (Phi) is 5.49. The number of nitrogens with zero attached hydrogens (tertiary/aromatic N) is 2. The molecule has 0 saturated carbocycles. The Morgan fingerprint density at radius 1 is 1.26 bits per heavy atom. The Morgan fingerprint density at radius 2 is 2.05 bits per heavy atom. The van der Waals surface area contributed by atoms with E-state index in [1.54, 1.807) is 0 Å². The van der Waals surface area contributed by atoms with Gasteiger partial charge in [-0.3, -0.25) is 0 Å². The van der Waals surface area contributed by atoms with Gasteiger partial charge in [0.2, 0.25) is 0 Å². The number of hydrogen-bond donors (Lipinski definition) is 1. The first-order valence-corrected chi connectivity index (χ1v) is 7.78. The number of pyridine rings is 1. The highest BCUT2D eigenvalue weighted by Gasteiger charge is 2.18. The van der Waals surface area contributed by atoms with Crippen molar-refractivity contribution in [2.75, 3.05) is 29.9 Å². The van der Waals surface area contributed by atoms with Crippen LogP contribution >= 0.6 is 0 Å². The van der Waals surface area contributed by atoms with Gasteiger partial charge in [0.1, 0.15) is 5.82 Å². The molecule has 2 heterocycles. The predicted molar refractivity (Wildman–Crippen MR) is 82.9 cm³/mol.